The molecule has 2 aliphatic heterocycles. The van der Waals surface area contributed by atoms with Crippen LogP contribution in [-0.4, -0.2) is 58.0 Å². The van der Waals surface area contributed by atoms with Crippen molar-refractivity contribution in [3.8, 4) is 0 Å². The summed E-state index contributed by atoms with van der Waals surface area (Å²) >= 11 is 0. The first kappa shape index (κ1) is 23.7. The molecule has 4 rings (SSSR count). The van der Waals surface area contributed by atoms with E-state index in [0.717, 1.165) is 42.7 Å². The third-order valence-corrected chi connectivity index (χ3v) is 8.38. The maximum atomic E-state index is 13.2. The Morgan fingerprint density at radius 1 is 0.939 bits per heavy atom. The van der Waals surface area contributed by atoms with Crippen molar-refractivity contribution in [2.24, 2.45) is 0 Å². The molecule has 2 aromatic rings. The Kier molecular flexibility index (Phi) is 7.36. The SMILES string of the molecule is Cc1ccc(CC(=O)Nc2cc(S(=O)(=O)N3CCOCC3)ccc2N2CCCCC2)cc1C. The normalized spacial score (nSPS) is 17.7. The van der Waals surface area contributed by atoms with Crippen LogP contribution in [0.1, 0.15) is 36.0 Å². The van der Waals surface area contributed by atoms with Crippen molar-refractivity contribution in [2.45, 2.75) is 44.4 Å². The molecule has 7 nitrogen and oxygen atoms in total. The molecule has 2 heterocycles. The molecule has 2 aromatic carbocycles. The number of anilines is 2. The first-order valence-corrected chi connectivity index (χ1v) is 13.1. The van der Waals surface area contributed by atoms with Gasteiger partial charge in [0, 0.05) is 26.2 Å². The van der Waals surface area contributed by atoms with Gasteiger partial charge in [-0.3, -0.25) is 4.79 Å². The van der Waals surface area contributed by atoms with Gasteiger partial charge in [-0.05, 0) is 68.0 Å². The fourth-order valence-corrected chi connectivity index (χ4v) is 5.85. The van der Waals surface area contributed by atoms with Gasteiger partial charge >= 0.3 is 0 Å². The maximum Gasteiger partial charge on any atom is 0.243 e. The van der Waals surface area contributed by atoms with E-state index in [4.69, 9.17) is 4.74 Å². The number of aryl methyl sites for hydroxylation is 2. The number of carbonyl (C=O) groups excluding carboxylic acids is 1. The van der Waals surface area contributed by atoms with Crippen molar-refractivity contribution in [2.75, 3.05) is 49.6 Å². The zero-order valence-corrected chi connectivity index (χ0v) is 20.3. The smallest absolute Gasteiger partial charge is 0.243 e. The molecule has 33 heavy (non-hydrogen) atoms. The van der Waals surface area contributed by atoms with E-state index in [9.17, 15) is 13.2 Å². The van der Waals surface area contributed by atoms with Crippen LogP contribution in [0.4, 0.5) is 11.4 Å². The number of hydrogen-bond acceptors (Lipinski definition) is 5. The first-order chi connectivity index (χ1) is 15.8. The van der Waals surface area contributed by atoms with Gasteiger partial charge < -0.3 is 15.0 Å². The Morgan fingerprint density at radius 2 is 1.67 bits per heavy atom. The van der Waals surface area contributed by atoms with E-state index in [0.29, 0.717) is 32.0 Å². The summed E-state index contributed by atoms with van der Waals surface area (Å²) in [6, 6.07) is 11.1. The van der Waals surface area contributed by atoms with E-state index < -0.39 is 10.0 Å². The Morgan fingerprint density at radius 3 is 2.36 bits per heavy atom. The number of morpholine rings is 1. The van der Waals surface area contributed by atoms with E-state index >= 15 is 0 Å². The van der Waals surface area contributed by atoms with Crippen LogP contribution in [0.15, 0.2) is 41.3 Å². The van der Waals surface area contributed by atoms with Gasteiger partial charge in [-0.15, -0.1) is 0 Å². The molecule has 0 aromatic heterocycles. The molecular weight excluding hydrogens is 438 g/mol. The number of ether oxygens (including phenoxy) is 1. The van der Waals surface area contributed by atoms with Crippen LogP contribution < -0.4 is 10.2 Å². The summed E-state index contributed by atoms with van der Waals surface area (Å²) in [5, 5.41) is 3.02. The number of amides is 1. The quantitative estimate of drug-likeness (QED) is 0.698. The highest BCUT2D eigenvalue weighted by molar-refractivity contribution is 7.89. The zero-order valence-electron chi connectivity index (χ0n) is 19.5. The average Bonchev–Trinajstić information content (AvgIpc) is 2.82. The Balaban J connectivity index is 1.61. The number of carbonyl (C=O) groups is 1. The number of nitrogens with one attached hydrogen (secondary N) is 1. The lowest BCUT2D eigenvalue weighted by molar-refractivity contribution is -0.115. The summed E-state index contributed by atoms with van der Waals surface area (Å²) in [5.41, 5.74) is 4.71. The first-order valence-electron chi connectivity index (χ1n) is 11.7. The topological polar surface area (TPSA) is 79.0 Å². The third kappa shape index (κ3) is 5.57. The molecule has 2 aliphatic rings. The molecular formula is C25H33N3O4S. The largest absolute Gasteiger partial charge is 0.379 e. The molecule has 8 heteroatoms. The maximum absolute atomic E-state index is 13.2. The van der Waals surface area contributed by atoms with Crippen molar-refractivity contribution < 1.29 is 17.9 Å². The van der Waals surface area contributed by atoms with Gasteiger partial charge in [0.2, 0.25) is 15.9 Å². The van der Waals surface area contributed by atoms with Gasteiger partial charge in [0.05, 0.1) is 35.9 Å². The Labute approximate surface area is 196 Å². The fourth-order valence-electron chi connectivity index (χ4n) is 4.42. The highest BCUT2D eigenvalue weighted by Gasteiger charge is 2.28. The summed E-state index contributed by atoms with van der Waals surface area (Å²) in [6.07, 6.45) is 3.60. The molecule has 1 N–H and O–H groups in total. The van der Waals surface area contributed by atoms with Crippen molar-refractivity contribution in [1.82, 2.24) is 4.31 Å². The summed E-state index contributed by atoms with van der Waals surface area (Å²) in [7, 11) is -3.65. The number of hydrogen-bond donors (Lipinski definition) is 1. The van der Waals surface area contributed by atoms with Crippen LogP contribution in [0.25, 0.3) is 0 Å². The predicted molar refractivity (Wildman–Crippen MR) is 130 cm³/mol. The molecule has 1 amide bonds. The van der Waals surface area contributed by atoms with Crippen LogP contribution in [0.2, 0.25) is 0 Å². The number of benzene rings is 2. The van der Waals surface area contributed by atoms with Crippen LogP contribution in [0.5, 0.6) is 0 Å². The standard InChI is InChI=1S/C25H33N3O4S/c1-19-6-7-21(16-20(19)2)17-25(29)26-23-18-22(33(30,31)28-12-14-32-15-13-28)8-9-24(23)27-10-4-3-5-11-27/h6-9,16,18H,3-5,10-15,17H2,1-2H3,(H,26,29). The molecule has 0 bridgehead atoms. The summed E-state index contributed by atoms with van der Waals surface area (Å²) in [5.74, 6) is -0.155. The van der Waals surface area contributed by atoms with E-state index in [1.165, 1.54) is 16.3 Å². The lowest BCUT2D eigenvalue weighted by atomic mass is 10.0. The third-order valence-electron chi connectivity index (χ3n) is 6.48. The van der Waals surface area contributed by atoms with Crippen LogP contribution in [0.3, 0.4) is 0 Å². The van der Waals surface area contributed by atoms with E-state index in [1.807, 2.05) is 38.1 Å². The number of nitrogens with zero attached hydrogens (tertiary/aromatic N) is 2. The lowest BCUT2D eigenvalue weighted by Gasteiger charge is -2.31. The van der Waals surface area contributed by atoms with Crippen molar-refractivity contribution in [1.29, 1.82) is 0 Å². The highest BCUT2D eigenvalue weighted by atomic mass is 32.2. The summed E-state index contributed by atoms with van der Waals surface area (Å²) < 4.78 is 33.2. The molecule has 0 atom stereocenters. The fraction of sp³-hybridized carbons (Fsp3) is 0.480. The zero-order chi connectivity index (χ0) is 23.4. The van der Waals surface area contributed by atoms with Crippen molar-refractivity contribution in [3.63, 3.8) is 0 Å². The van der Waals surface area contributed by atoms with Gasteiger partial charge in [-0.2, -0.15) is 4.31 Å². The Bertz CT molecular complexity index is 1100. The average molecular weight is 472 g/mol. The van der Waals surface area contributed by atoms with Gasteiger partial charge in [0.1, 0.15) is 0 Å². The van der Waals surface area contributed by atoms with Crippen molar-refractivity contribution >= 4 is 27.3 Å². The van der Waals surface area contributed by atoms with E-state index in [2.05, 4.69) is 10.2 Å². The van der Waals surface area contributed by atoms with Gasteiger partial charge in [0.15, 0.2) is 0 Å². The summed E-state index contributed by atoms with van der Waals surface area (Å²) in [6.45, 7) is 7.34. The second-order valence-electron chi connectivity index (χ2n) is 8.89. The molecule has 178 valence electrons. The predicted octanol–water partition coefficient (Wildman–Crippen LogP) is 3.50. The molecule has 2 fully saturated rings. The van der Waals surface area contributed by atoms with Crippen LogP contribution in [0, 0.1) is 13.8 Å². The Hall–Kier alpha value is -2.42. The summed E-state index contributed by atoms with van der Waals surface area (Å²) in [4.78, 5) is 15.4. The van der Waals surface area contributed by atoms with Crippen LogP contribution >= 0.6 is 0 Å². The van der Waals surface area contributed by atoms with Gasteiger partial charge in [-0.1, -0.05) is 18.2 Å². The number of sulfonamides is 1. The second-order valence-corrected chi connectivity index (χ2v) is 10.8. The molecule has 0 unspecified atom stereocenters. The van der Waals surface area contributed by atoms with Crippen LogP contribution in [-0.2, 0) is 26.0 Å². The molecule has 0 saturated carbocycles. The number of piperidine rings is 1. The minimum atomic E-state index is -3.65. The van der Waals surface area contributed by atoms with Gasteiger partial charge in [-0.25, -0.2) is 8.42 Å². The lowest BCUT2D eigenvalue weighted by Crippen LogP contribution is -2.40. The molecule has 0 radical (unpaired) electrons. The second kappa shape index (κ2) is 10.2. The van der Waals surface area contributed by atoms with Crippen molar-refractivity contribution in [3.05, 3.63) is 53.1 Å². The molecule has 0 spiro atoms. The monoisotopic (exact) mass is 471 g/mol. The van der Waals surface area contributed by atoms with Gasteiger partial charge in [0.25, 0.3) is 0 Å². The minimum Gasteiger partial charge on any atom is -0.379 e. The van der Waals surface area contributed by atoms with E-state index in [1.54, 1.807) is 12.1 Å². The highest BCUT2D eigenvalue weighted by Crippen LogP contribution is 2.32. The van der Waals surface area contributed by atoms with E-state index in [-0.39, 0.29) is 17.2 Å². The number of rotatable bonds is 6. The molecule has 0 aliphatic carbocycles. The molecule has 2 saturated heterocycles. The minimum absolute atomic E-state index is 0.155.